The van der Waals surface area contributed by atoms with Gasteiger partial charge in [-0.15, -0.1) is 0 Å². The van der Waals surface area contributed by atoms with Crippen molar-refractivity contribution in [2.45, 2.75) is 73.8 Å². The minimum Gasteiger partial charge on any atom is -0.508 e. The van der Waals surface area contributed by atoms with Crippen molar-refractivity contribution in [3.63, 3.8) is 0 Å². The second-order valence-corrected chi connectivity index (χ2v) is 12.2. The van der Waals surface area contributed by atoms with E-state index >= 15 is 0 Å². The molecule has 0 aromatic heterocycles. The van der Waals surface area contributed by atoms with E-state index in [0.29, 0.717) is 0 Å². The van der Waals surface area contributed by atoms with Crippen molar-refractivity contribution in [2.75, 3.05) is 13.2 Å². The molecule has 2 aromatic rings. The zero-order valence-electron chi connectivity index (χ0n) is 23.1. The number of rotatable bonds is 8. The number of aliphatic hydroxyl groups is 4. The third-order valence-corrected chi connectivity index (χ3v) is 9.87. The molecule has 230 valence electrons. The average Bonchev–Trinajstić information content (AvgIpc) is 3.18. The van der Waals surface area contributed by atoms with Crippen molar-refractivity contribution in [3.05, 3.63) is 65.7 Å². The van der Waals surface area contributed by atoms with E-state index in [1.807, 2.05) is 0 Å². The molecule has 4 heterocycles. The van der Waals surface area contributed by atoms with Gasteiger partial charge in [0.05, 0.1) is 16.5 Å². The summed E-state index contributed by atoms with van der Waals surface area (Å²) in [7, 11) is 0. The lowest BCUT2D eigenvalue weighted by atomic mass is 9.41. The molecule has 3 aliphatic carbocycles. The van der Waals surface area contributed by atoms with Crippen molar-refractivity contribution < 1.29 is 63.5 Å². The first kappa shape index (κ1) is 28.6. The molecule has 43 heavy (non-hydrogen) atoms. The Bertz CT molecular complexity index is 1420. The maximum atomic E-state index is 12.9. The van der Waals surface area contributed by atoms with E-state index < -0.39 is 83.9 Å². The standard InChI is InChI=1S/C30H32O13/c1-27-13-29(37)19-11-30(27,28(19,26(42-27)43-29)14-39-24(36)16-7-9-17(31)10-8-16)41-25-22(34)21(33)20(32)18(40-25)12-38-23(35)15-5-3-2-4-6-15/h2-10,18-22,25-26,31-34,37H,11-14H2,1H3/t18-,19-,20-,21+,22-,25+,26-,27-,28+,29-,30+/m1/s1. The molecule has 13 nitrogen and oxygen atoms in total. The fraction of sp³-hybridized carbons (Fsp3) is 0.533. The molecule has 4 aliphatic heterocycles. The summed E-state index contributed by atoms with van der Waals surface area (Å²) >= 11 is 0. The quantitative estimate of drug-likeness (QED) is 0.259. The van der Waals surface area contributed by atoms with E-state index in [9.17, 15) is 35.1 Å². The van der Waals surface area contributed by atoms with Gasteiger partial charge in [0.1, 0.15) is 54.6 Å². The Labute approximate surface area is 245 Å². The van der Waals surface area contributed by atoms with Crippen LogP contribution >= 0.6 is 0 Å². The molecule has 7 aliphatic rings. The molecular weight excluding hydrogens is 568 g/mol. The molecule has 0 radical (unpaired) electrons. The number of ether oxygens (including phenoxy) is 6. The van der Waals surface area contributed by atoms with E-state index in [0.717, 1.165) is 0 Å². The monoisotopic (exact) mass is 600 g/mol. The number of aromatic hydroxyl groups is 1. The lowest BCUT2D eigenvalue weighted by Gasteiger charge is -2.67. The second-order valence-electron chi connectivity index (χ2n) is 12.2. The van der Waals surface area contributed by atoms with Gasteiger partial charge in [-0.2, -0.15) is 0 Å². The fourth-order valence-corrected chi connectivity index (χ4v) is 7.70. The maximum absolute atomic E-state index is 12.9. The summed E-state index contributed by atoms with van der Waals surface area (Å²) in [6.45, 7) is 1.01. The maximum Gasteiger partial charge on any atom is 0.338 e. The SMILES string of the molecule is C[C@]12C[C@@]3(O)O[C@@H](O1)[C@]1(COC(=O)c4ccc(O)cc4)[C@H]3C[C@@]12O[C@@H]1O[C@H](COC(=O)c2ccccc2)[C@@H](O)[C@H](O)[C@H]1O. The summed E-state index contributed by atoms with van der Waals surface area (Å²) in [5.41, 5.74) is -3.18. The zero-order valence-corrected chi connectivity index (χ0v) is 23.1. The number of hydrogen-bond acceptors (Lipinski definition) is 13. The highest BCUT2D eigenvalue weighted by Gasteiger charge is 2.94. The smallest absolute Gasteiger partial charge is 0.338 e. The Kier molecular flexibility index (Phi) is 6.44. The first-order valence-electron chi connectivity index (χ1n) is 14.1. The molecule has 9 rings (SSSR count). The van der Waals surface area contributed by atoms with Crippen LogP contribution in [0.1, 0.15) is 40.5 Å². The van der Waals surface area contributed by atoms with E-state index in [2.05, 4.69) is 0 Å². The van der Waals surface area contributed by atoms with Gasteiger partial charge in [-0.3, -0.25) is 0 Å². The van der Waals surface area contributed by atoms with Crippen LogP contribution < -0.4 is 0 Å². The van der Waals surface area contributed by atoms with Gasteiger partial charge < -0.3 is 54.0 Å². The van der Waals surface area contributed by atoms with Gasteiger partial charge in [0.25, 0.3) is 0 Å². The van der Waals surface area contributed by atoms with Crippen molar-refractivity contribution in [2.24, 2.45) is 11.3 Å². The minimum absolute atomic E-state index is 0.0149. The van der Waals surface area contributed by atoms with Crippen LogP contribution in [0.2, 0.25) is 0 Å². The Balaban J connectivity index is 1.12. The first-order chi connectivity index (χ1) is 20.4. The lowest BCUT2D eigenvalue weighted by molar-refractivity contribution is -0.424. The van der Waals surface area contributed by atoms with Gasteiger partial charge in [0.2, 0.25) is 0 Å². The number of benzene rings is 2. The molecule has 2 aromatic carbocycles. The Morgan fingerprint density at radius 3 is 2.30 bits per heavy atom. The molecule has 0 amide bonds. The van der Waals surface area contributed by atoms with Gasteiger partial charge in [0, 0.05) is 12.3 Å². The van der Waals surface area contributed by atoms with Crippen LogP contribution in [0, 0.1) is 11.3 Å². The summed E-state index contributed by atoms with van der Waals surface area (Å²) in [6.07, 6.45) is -8.57. The van der Waals surface area contributed by atoms with Crippen LogP contribution in [0.3, 0.4) is 0 Å². The number of phenols is 1. The Morgan fingerprint density at radius 2 is 1.58 bits per heavy atom. The van der Waals surface area contributed by atoms with Gasteiger partial charge >= 0.3 is 11.9 Å². The van der Waals surface area contributed by atoms with E-state index in [4.69, 9.17) is 28.4 Å². The van der Waals surface area contributed by atoms with Crippen LogP contribution in [-0.2, 0) is 28.4 Å². The summed E-state index contributed by atoms with van der Waals surface area (Å²) in [5.74, 6) is -3.46. The van der Waals surface area contributed by atoms with Gasteiger partial charge in [-0.1, -0.05) is 18.2 Å². The predicted octanol–water partition coefficient (Wildman–Crippen LogP) is 0.213. The largest absolute Gasteiger partial charge is 0.508 e. The summed E-state index contributed by atoms with van der Waals surface area (Å²) in [6, 6.07) is 13.7. The average molecular weight is 601 g/mol. The third kappa shape index (κ3) is 3.93. The van der Waals surface area contributed by atoms with E-state index in [-0.39, 0.29) is 36.3 Å². The van der Waals surface area contributed by atoms with Crippen LogP contribution in [0.4, 0.5) is 0 Å². The molecule has 4 saturated heterocycles. The topological polar surface area (TPSA) is 191 Å². The summed E-state index contributed by atoms with van der Waals surface area (Å²) < 4.78 is 35.6. The second kappa shape index (κ2) is 9.68. The summed E-state index contributed by atoms with van der Waals surface area (Å²) in [4.78, 5) is 25.4. The molecule has 13 heteroatoms. The molecule has 7 fully saturated rings. The fourth-order valence-electron chi connectivity index (χ4n) is 7.70. The van der Waals surface area contributed by atoms with Crippen molar-refractivity contribution in [3.8, 4) is 5.75 Å². The highest BCUT2D eigenvalue weighted by molar-refractivity contribution is 5.90. The number of hydrogen-bond donors (Lipinski definition) is 5. The molecule has 3 saturated carbocycles. The van der Waals surface area contributed by atoms with Crippen LogP contribution in [-0.4, -0.2) is 105 Å². The van der Waals surface area contributed by atoms with Crippen molar-refractivity contribution >= 4 is 11.9 Å². The van der Waals surface area contributed by atoms with Crippen molar-refractivity contribution in [1.82, 2.24) is 0 Å². The lowest BCUT2D eigenvalue weighted by Crippen LogP contribution is -2.80. The van der Waals surface area contributed by atoms with Gasteiger partial charge in [-0.05, 0) is 49.7 Å². The molecular formula is C30H32O13. The number of carbonyl (C=O) groups excluding carboxylic acids is 2. The normalized spacial score (nSPS) is 43.7. The molecule has 0 spiro atoms. The van der Waals surface area contributed by atoms with Gasteiger partial charge in [0.15, 0.2) is 18.4 Å². The Hall–Kier alpha value is -3.14. The first-order valence-corrected chi connectivity index (χ1v) is 14.1. The van der Waals surface area contributed by atoms with Crippen LogP contribution in [0.15, 0.2) is 54.6 Å². The predicted molar refractivity (Wildman–Crippen MR) is 140 cm³/mol. The van der Waals surface area contributed by atoms with Crippen LogP contribution in [0.25, 0.3) is 0 Å². The van der Waals surface area contributed by atoms with E-state index in [1.165, 1.54) is 24.3 Å². The highest BCUT2D eigenvalue weighted by Crippen LogP contribution is 2.81. The summed E-state index contributed by atoms with van der Waals surface area (Å²) in [5, 5.41) is 53.2. The Morgan fingerprint density at radius 1 is 0.907 bits per heavy atom. The number of phenolic OH excluding ortho intramolecular Hbond substituents is 1. The number of carbonyl (C=O) groups is 2. The third-order valence-electron chi connectivity index (χ3n) is 9.87. The number of esters is 2. The molecule has 5 N–H and O–H groups in total. The number of aliphatic hydroxyl groups excluding tert-OH is 3. The molecule has 0 unspecified atom stereocenters. The van der Waals surface area contributed by atoms with Gasteiger partial charge in [-0.25, -0.2) is 9.59 Å². The highest BCUT2D eigenvalue weighted by atomic mass is 16.8. The zero-order chi connectivity index (χ0) is 30.4. The molecule has 6 bridgehead atoms. The van der Waals surface area contributed by atoms with E-state index in [1.54, 1.807) is 37.3 Å². The minimum atomic E-state index is -1.71. The van der Waals surface area contributed by atoms with Crippen LogP contribution in [0.5, 0.6) is 5.75 Å². The molecule has 11 atom stereocenters. The van der Waals surface area contributed by atoms with Crippen molar-refractivity contribution in [1.29, 1.82) is 0 Å².